The lowest BCUT2D eigenvalue weighted by Gasteiger charge is -2.02. The number of aromatic nitrogens is 2. The van der Waals surface area contributed by atoms with Gasteiger partial charge in [0.15, 0.2) is 9.84 Å². The molecule has 0 unspecified atom stereocenters. The molecule has 0 atom stereocenters. The minimum atomic E-state index is -3.27. The molecule has 7 heteroatoms. The normalized spacial score (nSPS) is 11.9. The number of rotatable bonds is 1. The highest BCUT2D eigenvalue weighted by Crippen LogP contribution is 2.24. The molecule has 0 aliphatic rings. The Morgan fingerprint density at radius 2 is 1.88 bits per heavy atom. The van der Waals surface area contributed by atoms with Crippen LogP contribution in [0.1, 0.15) is 0 Å². The van der Waals surface area contributed by atoms with Crippen LogP contribution in [0, 0.1) is 0 Å². The molecular weight excluding hydrogens is 271 g/mol. The van der Waals surface area contributed by atoms with E-state index in [9.17, 15) is 8.42 Å². The van der Waals surface area contributed by atoms with Crippen LogP contribution in [0.15, 0.2) is 23.1 Å². The van der Waals surface area contributed by atoms with Gasteiger partial charge in [-0.25, -0.2) is 18.4 Å². The van der Waals surface area contributed by atoms with Crippen LogP contribution in [-0.2, 0) is 9.84 Å². The first-order chi connectivity index (χ1) is 7.38. The van der Waals surface area contributed by atoms with Gasteiger partial charge in [-0.3, -0.25) is 0 Å². The maximum Gasteiger partial charge on any atom is 0.224 e. The Kier molecular flexibility index (Phi) is 2.77. The topological polar surface area (TPSA) is 59.9 Å². The Labute approximate surface area is 102 Å². The van der Waals surface area contributed by atoms with Crippen molar-refractivity contribution in [3.63, 3.8) is 0 Å². The zero-order chi connectivity index (χ0) is 11.9. The van der Waals surface area contributed by atoms with Crippen molar-refractivity contribution in [3.8, 4) is 0 Å². The predicted octanol–water partition coefficient (Wildman–Crippen LogP) is 2.34. The maximum atomic E-state index is 11.3. The number of benzene rings is 1. The van der Waals surface area contributed by atoms with Crippen molar-refractivity contribution >= 4 is 43.9 Å². The van der Waals surface area contributed by atoms with E-state index in [1.165, 1.54) is 12.1 Å². The van der Waals surface area contributed by atoms with Crippen LogP contribution < -0.4 is 0 Å². The fourth-order valence-electron chi connectivity index (χ4n) is 1.27. The first-order valence-corrected chi connectivity index (χ1v) is 6.85. The van der Waals surface area contributed by atoms with E-state index in [4.69, 9.17) is 23.2 Å². The molecule has 1 heterocycles. The SMILES string of the molecule is CS(=O)(=O)c1ccc2nc(Cl)nc(Cl)c2c1. The third kappa shape index (κ3) is 2.11. The number of sulfone groups is 1. The molecule has 0 aliphatic carbocycles. The number of nitrogens with zero attached hydrogens (tertiary/aromatic N) is 2. The maximum absolute atomic E-state index is 11.3. The van der Waals surface area contributed by atoms with Crippen LogP contribution >= 0.6 is 23.2 Å². The Hall–Kier alpha value is -0.910. The van der Waals surface area contributed by atoms with Gasteiger partial charge in [0, 0.05) is 11.6 Å². The van der Waals surface area contributed by atoms with Gasteiger partial charge in [0.05, 0.1) is 10.4 Å². The number of hydrogen-bond donors (Lipinski definition) is 0. The first-order valence-electron chi connectivity index (χ1n) is 4.21. The van der Waals surface area contributed by atoms with Gasteiger partial charge in [-0.15, -0.1) is 0 Å². The van der Waals surface area contributed by atoms with Crippen LogP contribution in [0.4, 0.5) is 0 Å². The van der Waals surface area contributed by atoms with Crippen molar-refractivity contribution < 1.29 is 8.42 Å². The van der Waals surface area contributed by atoms with Gasteiger partial charge in [0.25, 0.3) is 0 Å². The van der Waals surface area contributed by atoms with Gasteiger partial charge in [-0.1, -0.05) is 11.6 Å². The van der Waals surface area contributed by atoms with Gasteiger partial charge in [-0.2, -0.15) is 0 Å². The molecule has 4 nitrogen and oxygen atoms in total. The van der Waals surface area contributed by atoms with Crippen LogP contribution in [0.3, 0.4) is 0 Å². The molecule has 1 aromatic heterocycles. The Morgan fingerprint density at radius 3 is 2.50 bits per heavy atom. The van der Waals surface area contributed by atoms with Crippen molar-refractivity contribution in [2.75, 3.05) is 6.26 Å². The lowest BCUT2D eigenvalue weighted by molar-refractivity contribution is 0.602. The van der Waals surface area contributed by atoms with Gasteiger partial charge in [0.2, 0.25) is 5.28 Å². The molecule has 16 heavy (non-hydrogen) atoms. The average Bonchev–Trinajstić information content (AvgIpc) is 2.15. The molecule has 2 aromatic rings. The summed E-state index contributed by atoms with van der Waals surface area (Å²) in [5, 5.41) is 0.638. The molecule has 0 radical (unpaired) electrons. The molecule has 0 saturated carbocycles. The molecule has 2 rings (SSSR count). The second-order valence-corrected chi connectivity index (χ2v) is 5.95. The van der Waals surface area contributed by atoms with Crippen LogP contribution in [0.2, 0.25) is 10.4 Å². The fraction of sp³-hybridized carbons (Fsp3) is 0.111. The second kappa shape index (κ2) is 3.84. The fourth-order valence-corrected chi connectivity index (χ4v) is 2.37. The summed E-state index contributed by atoms with van der Waals surface area (Å²) in [6.45, 7) is 0. The monoisotopic (exact) mass is 276 g/mol. The highest BCUT2D eigenvalue weighted by atomic mass is 35.5. The second-order valence-electron chi connectivity index (χ2n) is 3.23. The van der Waals surface area contributed by atoms with Crippen molar-refractivity contribution in [2.24, 2.45) is 0 Å². The van der Waals surface area contributed by atoms with Crippen molar-refractivity contribution in [1.29, 1.82) is 0 Å². The van der Waals surface area contributed by atoms with E-state index in [0.29, 0.717) is 10.9 Å². The Bertz CT molecular complexity index is 671. The standard InChI is InChI=1S/C9H6Cl2N2O2S/c1-16(14,15)5-2-3-7-6(4-5)8(10)13-9(11)12-7/h2-4H,1H3. The smallest absolute Gasteiger partial charge is 0.224 e. The average molecular weight is 277 g/mol. The van der Waals surface area contributed by atoms with Crippen LogP contribution in [0.5, 0.6) is 0 Å². The number of hydrogen-bond acceptors (Lipinski definition) is 4. The summed E-state index contributed by atoms with van der Waals surface area (Å²) >= 11 is 11.5. The molecule has 84 valence electrons. The summed E-state index contributed by atoms with van der Waals surface area (Å²) in [7, 11) is -3.27. The largest absolute Gasteiger partial charge is 0.224 e. The summed E-state index contributed by atoms with van der Waals surface area (Å²) in [6, 6.07) is 4.44. The van der Waals surface area contributed by atoms with E-state index in [2.05, 4.69) is 9.97 Å². The summed E-state index contributed by atoms with van der Waals surface area (Å²) in [4.78, 5) is 7.86. The lowest BCUT2D eigenvalue weighted by Crippen LogP contribution is -1.97. The molecule has 1 aromatic carbocycles. The summed E-state index contributed by atoms with van der Waals surface area (Å²) in [5.41, 5.74) is 0.511. The van der Waals surface area contributed by atoms with Crippen molar-refractivity contribution in [1.82, 2.24) is 9.97 Å². The van der Waals surface area contributed by atoms with E-state index in [-0.39, 0.29) is 15.3 Å². The summed E-state index contributed by atoms with van der Waals surface area (Å²) in [6.07, 6.45) is 1.12. The van der Waals surface area contributed by atoms with Gasteiger partial charge < -0.3 is 0 Å². The van der Waals surface area contributed by atoms with Crippen LogP contribution in [-0.4, -0.2) is 24.6 Å². The molecule has 0 amide bonds. The number of halogens is 2. The predicted molar refractivity (Wildman–Crippen MR) is 62.7 cm³/mol. The third-order valence-corrected chi connectivity index (χ3v) is 3.59. The van der Waals surface area contributed by atoms with Crippen molar-refractivity contribution in [2.45, 2.75) is 4.90 Å². The van der Waals surface area contributed by atoms with Gasteiger partial charge >= 0.3 is 0 Å². The molecule has 0 spiro atoms. The minimum absolute atomic E-state index is 0.0320. The molecule has 0 N–H and O–H groups in total. The van der Waals surface area contributed by atoms with Gasteiger partial charge in [-0.05, 0) is 29.8 Å². The van der Waals surface area contributed by atoms with E-state index in [1.54, 1.807) is 6.07 Å². The quantitative estimate of drug-likeness (QED) is 0.593. The highest BCUT2D eigenvalue weighted by Gasteiger charge is 2.11. The number of fused-ring (bicyclic) bond motifs is 1. The van der Waals surface area contributed by atoms with E-state index < -0.39 is 9.84 Å². The lowest BCUT2D eigenvalue weighted by atomic mass is 10.2. The highest BCUT2D eigenvalue weighted by molar-refractivity contribution is 7.90. The molecule has 0 fully saturated rings. The molecule has 0 aliphatic heterocycles. The molecular formula is C9H6Cl2N2O2S. The van der Waals surface area contributed by atoms with Crippen LogP contribution in [0.25, 0.3) is 10.9 Å². The molecule has 0 bridgehead atoms. The third-order valence-electron chi connectivity index (χ3n) is 2.02. The molecule has 0 saturated heterocycles. The minimum Gasteiger partial charge on any atom is -0.224 e. The summed E-state index contributed by atoms with van der Waals surface area (Å²) in [5.74, 6) is 0. The van der Waals surface area contributed by atoms with E-state index in [0.717, 1.165) is 6.26 Å². The van der Waals surface area contributed by atoms with Crippen molar-refractivity contribution in [3.05, 3.63) is 28.6 Å². The van der Waals surface area contributed by atoms with Gasteiger partial charge in [0.1, 0.15) is 5.15 Å². The Morgan fingerprint density at radius 1 is 1.19 bits per heavy atom. The summed E-state index contributed by atoms with van der Waals surface area (Å²) < 4.78 is 22.7. The van der Waals surface area contributed by atoms with E-state index in [1.807, 2.05) is 0 Å². The van der Waals surface area contributed by atoms with E-state index >= 15 is 0 Å². The zero-order valence-corrected chi connectivity index (χ0v) is 10.4. The Balaban J connectivity index is 2.82. The zero-order valence-electron chi connectivity index (χ0n) is 8.11. The first kappa shape index (κ1) is 11.6.